The molecule has 2 aliphatic rings. The first-order valence-electron chi connectivity index (χ1n) is 7.61. The van der Waals surface area contributed by atoms with E-state index in [1.54, 1.807) is 0 Å². The van der Waals surface area contributed by atoms with Gasteiger partial charge >= 0.3 is 6.18 Å². The normalized spacial score (nSPS) is 19.8. The molecule has 8 heteroatoms. The van der Waals surface area contributed by atoms with Crippen molar-refractivity contribution in [3.8, 4) is 0 Å². The Balaban J connectivity index is 0.000000292. The highest BCUT2D eigenvalue weighted by Gasteiger charge is 2.40. The predicted molar refractivity (Wildman–Crippen MR) is 105 cm³/mol. The van der Waals surface area contributed by atoms with Gasteiger partial charge in [0.05, 0.1) is 11.1 Å². The number of hydrogen-bond acceptors (Lipinski definition) is 2. The number of amides is 1. The van der Waals surface area contributed by atoms with Crippen LogP contribution in [0.5, 0.6) is 0 Å². The summed E-state index contributed by atoms with van der Waals surface area (Å²) in [5, 5.41) is 2.57. The number of halogens is 5. The number of benzene rings is 1. The lowest BCUT2D eigenvalue weighted by molar-refractivity contribution is -0.137. The second kappa shape index (κ2) is 7.65. The van der Waals surface area contributed by atoms with Gasteiger partial charge in [0.25, 0.3) is 5.91 Å². The quantitative estimate of drug-likeness (QED) is 0.422. The Kier molecular flexibility index (Phi) is 6.44. The molecule has 3 rings (SSSR count). The molecule has 134 valence electrons. The standard InChI is InChI=1S/C12H11F3INO.C4H8IN/c13-12(14,15)9-4-2-1-3-8(9)10(18)17-7-11(16)5-6-11;5-4(3-6)1-2-4/h1-4H,5-7H2,(H,17,18);1-3,6H2. The first kappa shape index (κ1) is 20.2. The van der Waals surface area contributed by atoms with E-state index >= 15 is 0 Å². The van der Waals surface area contributed by atoms with Crippen LogP contribution < -0.4 is 11.1 Å². The van der Waals surface area contributed by atoms with Crippen LogP contribution in [-0.2, 0) is 6.18 Å². The van der Waals surface area contributed by atoms with Crippen LogP contribution in [0, 0.1) is 0 Å². The van der Waals surface area contributed by atoms with Crippen LogP contribution in [0.15, 0.2) is 24.3 Å². The van der Waals surface area contributed by atoms with Gasteiger partial charge in [0.15, 0.2) is 0 Å². The fourth-order valence-corrected chi connectivity index (χ4v) is 2.64. The van der Waals surface area contributed by atoms with E-state index in [1.165, 1.54) is 31.0 Å². The average Bonchev–Trinajstić information content (AvgIpc) is 3.45. The van der Waals surface area contributed by atoms with Gasteiger partial charge in [0.1, 0.15) is 0 Å². The minimum atomic E-state index is -4.50. The summed E-state index contributed by atoms with van der Waals surface area (Å²) in [7, 11) is 0. The molecule has 3 N–H and O–H groups in total. The Morgan fingerprint density at radius 1 is 1.12 bits per heavy atom. The zero-order chi connectivity index (χ0) is 18.0. The molecule has 0 bridgehead atoms. The molecule has 2 fully saturated rings. The van der Waals surface area contributed by atoms with Gasteiger partial charge in [-0.3, -0.25) is 4.79 Å². The van der Waals surface area contributed by atoms with E-state index < -0.39 is 17.6 Å². The molecule has 24 heavy (non-hydrogen) atoms. The number of alkyl halides is 5. The third-order valence-electron chi connectivity index (χ3n) is 3.99. The zero-order valence-corrected chi connectivity index (χ0v) is 17.2. The SMILES string of the molecule is NCC1(I)CC1.O=C(NCC1(I)CC1)c1ccccc1C(F)(F)F. The lowest BCUT2D eigenvalue weighted by atomic mass is 10.1. The highest BCUT2D eigenvalue weighted by Crippen LogP contribution is 2.44. The van der Waals surface area contributed by atoms with Gasteiger partial charge in [-0.1, -0.05) is 57.3 Å². The Hall–Kier alpha value is -0.100. The number of carbonyl (C=O) groups excluding carboxylic acids is 1. The molecular weight excluding hydrogens is 547 g/mol. The predicted octanol–water partition coefficient (Wildman–Crippen LogP) is 4.32. The molecule has 0 radical (unpaired) electrons. The summed E-state index contributed by atoms with van der Waals surface area (Å²) in [6.45, 7) is 1.28. The third kappa shape index (κ3) is 6.01. The molecule has 1 amide bonds. The van der Waals surface area contributed by atoms with E-state index in [1.807, 2.05) is 0 Å². The Morgan fingerprint density at radius 2 is 1.67 bits per heavy atom. The van der Waals surface area contributed by atoms with Crippen LogP contribution in [0.1, 0.15) is 41.6 Å². The van der Waals surface area contributed by atoms with E-state index in [4.69, 9.17) is 5.73 Å². The highest BCUT2D eigenvalue weighted by molar-refractivity contribution is 14.1. The van der Waals surface area contributed by atoms with Crippen molar-refractivity contribution in [3.63, 3.8) is 0 Å². The summed E-state index contributed by atoms with van der Waals surface area (Å²) in [6.07, 6.45) is 0.160. The highest BCUT2D eigenvalue weighted by atomic mass is 127. The van der Waals surface area contributed by atoms with Gasteiger partial charge in [-0.05, 0) is 37.8 Å². The summed E-state index contributed by atoms with van der Waals surface area (Å²) < 4.78 is 38.7. The van der Waals surface area contributed by atoms with Gasteiger partial charge in [0, 0.05) is 19.9 Å². The fourth-order valence-electron chi connectivity index (χ4n) is 1.91. The molecular formula is C16H19F3I2N2O. The first-order valence-corrected chi connectivity index (χ1v) is 9.77. The first-order chi connectivity index (χ1) is 11.1. The van der Waals surface area contributed by atoms with Crippen molar-refractivity contribution in [2.24, 2.45) is 5.73 Å². The summed E-state index contributed by atoms with van der Waals surface area (Å²) in [6, 6.07) is 4.83. The van der Waals surface area contributed by atoms with Crippen LogP contribution in [0.4, 0.5) is 13.2 Å². The molecule has 0 heterocycles. The van der Waals surface area contributed by atoms with Gasteiger partial charge in [-0.15, -0.1) is 0 Å². The molecule has 2 aliphatic carbocycles. The minimum Gasteiger partial charge on any atom is -0.351 e. The second-order valence-electron chi connectivity index (χ2n) is 6.23. The van der Waals surface area contributed by atoms with Crippen LogP contribution in [0.3, 0.4) is 0 Å². The van der Waals surface area contributed by atoms with Gasteiger partial charge in [0.2, 0.25) is 0 Å². The van der Waals surface area contributed by atoms with Crippen LogP contribution >= 0.6 is 45.2 Å². The number of nitrogens with one attached hydrogen (secondary N) is 1. The lowest BCUT2D eigenvalue weighted by Gasteiger charge is -2.13. The minimum absolute atomic E-state index is 0.0423. The Bertz CT molecular complexity index is 599. The molecule has 3 nitrogen and oxygen atoms in total. The monoisotopic (exact) mass is 566 g/mol. The number of carbonyl (C=O) groups is 1. The largest absolute Gasteiger partial charge is 0.417 e. The molecule has 2 saturated carbocycles. The van der Waals surface area contributed by atoms with Gasteiger partial charge in [-0.25, -0.2) is 0 Å². The molecule has 0 atom stereocenters. The smallest absolute Gasteiger partial charge is 0.351 e. The molecule has 0 spiro atoms. The molecule has 0 aromatic heterocycles. The molecule has 0 aliphatic heterocycles. The Labute approximate surface area is 166 Å². The van der Waals surface area contributed by atoms with Crippen molar-refractivity contribution in [1.29, 1.82) is 0 Å². The molecule has 0 unspecified atom stereocenters. The van der Waals surface area contributed by atoms with E-state index in [-0.39, 0.29) is 8.99 Å². The zero-order valence-electron chi connectivity index (χ0n) is 12.9. The maximum atomic E-state index is 12.7. The topological polar surface area (TPSA) is 55.1 Å². The van der Waals surface area contributed by atoms with Crippen molar-refractivity contribution >= 4 is 51.1 Å². The van der Waals surface area contributed by atoms with Crippen molar-refractivity contribution in [2.75, 3.05) is 13.1 Å². The van der Waals surface area contributed by atoms with E-state index in [0.717, 1.165) is 25.5 Å². The summed E-state index contributed by atoms with van der Waals surface area (Å²) in [5.74, 6) is -0.661. The number of hydrogen-bond donors (Lipinski definition) is 2. The van der Waals surface area contributed by atoms with Crippen molar-refractivity contribution < 1.29 is 18.0 Å². The third-order valence-corrected chi connectivity index (χ3v) is 6.97. The van der Waals surface area contributed by atoms with Crippen LogP contribution in [-0.4, -0.2) is 25.8 Å². The second-order valence-corrected chi connectivity index (χ2v) is 10.8. The molecule has 1 aromatic carbocycles. The number of rotatable bonds is 4. The van der Waals surface area contributed by atoms with Gasteiger partial charge < -0.3 is 11.1 Å². The van der Waals surface area contributed by atoms with E-state index in [2.05, 4.69) is 50.5 Å². The average molecular weight is 566 g/mol. The fraction of sp³-hybridized carbons (Fsp3) is 0.562. The van der Waals surface area contributed by atoms with Crippen molar-refractivity contribution in [3.05, 3.63) is 35.4 Å². The lowest BCUT2D eigenvalue weighted by Crippen LogP contribution is -2.31. The van der Waals surface area contributed by atoms with E-state index in [0.29, 0.717) is 9.97 Å². The maximum Gasteiger partial charge on any atom is 0.417 e. The van der Waals surface area contributed by atoms with Gasteiger partial charge in [-0.2, -0.15) is 13.2 Å². The summed E-state index contributed by atoms with van der Waals surface area (Å²) in [5.41, 5.74) is 4.16. The van der Waals surface area contributed by atoms with Crippen LogP contribution in [0.25, 0.3) is 0 Å². The molecule has 0 saturated heterocycles. The summed E-state index contributed by atoms with van der Waals surface area (Å²) in [4.78, 5) is 11.8. The molecule has 1 aromatic rings. The number of nitrogens with two attached hydrogens (primary N) is 1. The van der Waals surface area contributed by atoms with E-state index in [9.17, 15) is 18.0 Å². The van der Waals surface area contributed by atoms with Crippen molar-refractivity contribution in [2.45, 2.75) is 38.7 Å². The Morgan fingerprint density at radius 3 is 2.08 bits per heavy atom. The van der Waals surface area contributed by atoms with Crippen LogP contribution in [0.2, 0.25) is 0 Å². The summed E-state index contributed by atoms with van der Waals surface area (Å²) >= 11 is 4.66. The maximum absolute atomic E-state index is 12.7. The van der Waals surface area contributed by atoms with Crippen molar-refractivity contribution in [1.82, 2.24) is 5.32 Å².